The molecule has 0 radical (unpaired) electrons. The number of alkyl halides is 2. The fourth-order valence-corrected chi connectivity index (χ4v) is 12.2. The van der Waals surface area contributed by atoms with Gasteiger partial charge in [-0.25, -0.2) is 23.0 Å². The van der Waals surface area contributed by atoms with E-state index in [4.69, 9.17) is 14.5 Å². The smallest absolute Gasteiger partial charge is 0.407 e. The summed E-state index contributed by atoms with van der Waals surface area (Å²) in [5.41, 5.74) is 5.47. The van der Waals surface area contributed by atoms with Crippen LogP contribution in [-0.4, -0.2) is 115 Å². The van der Waals surface area contributed by atoms with Crippen molar-refractivity contribution in [2.75, 3.05) is 32.8 Å². The van der Waals surface area contributed by atoms with Gasteiger partial charge in [-0.2, -0.15) is 8.78 Å². The Bertz CT molecular complexity index is 2880. The molecule has 2 saturated heterocycles. The number of fused-ring (bicyclic) bond motifs is 6. The van der Waals surface area contributed by atoms with Gasteiger partial charge < -0.3 is 34.9 Å². The molecule has 18 heteroatoms. The number of piperidine rings is 1. The number of amides is 4. The Kier molecular flexibility index (Phi) is 11.8. The molecule has 6 aliphatic rings. The molecule has 1 aromatic heterocycles. The average Bonchev–Trinajstić information content (AvgIpc) is 3.96. The summed E-state index contributed by atoms with van der Waals surface area (Å²) in [6.07, 6.45) is 6.57. The number of halogens is 2. The van der Waals surface area contributed by atoms with Gasteiger partial charge in [0.15, 0.2) is 0 Å². The number of carbonyl (C=O) groups excluding carboxylic acids is 4. The number of ether oxygens (including phenoxy) is 2. The highest BCUT2D eigenvalue weighted by molar-refractivity contribution is 7.90. The summed E-state index contributed by atoms with van der Waals surface area (Å²) in [6, 6.07) is 12.8. The Morgan fingerprint density at radius 2 is 1.54 bits per heavy atom. The third-order valence-corrected chi connectivity index (χ3v) is 15.8. The quantitative estimate of drug-likeness (QED) is 0.135. The number of hydrogen-bond acceptors (Lipinski definition) is 10. The molecular weight excluding hydrogens is 897 g/mol. The zero-order valence-electron chi connectivity index (χ0n) is 37.9. The van der Waals surface area contributed by atoms with Crippen LogP contribution < -0.4 is 10.6 Å². The standard InChI is InChI=1S/C49H53F2N7O8S.CH4/c1-25(2)41(56-47(62)66-4)45(60)57-24-48(14-15-48)21-40(57)43-52-22-38(54-43)28-8-12-33-32-11-7-27(18-34(32)49(50,51)35(33)19-28)26-9-13-36-30(16-26)20-37(53-36)42-29-6-10-31(17-29)58(42)44(59)39(23-67(5,63)64)55-46(61)65-3;/h7-9,11-13,16,18-19,22,25,29,31,39-42H,6,10,14-15,17,20-21,23-24H2,1-5H3,(H,52,54)(H,55,61)(H,56,62);1H4/t29-,31+,39-,40-,41-,42-;/m0./s1. The first-order chi connectivity index (χ1) is 31.9. The minimum atomic E-state index is -3.65. The molecule has 1 spiro atoms. The number of imidazole rings is 1. The molecule has 4 amide bonds. The lowest BCUT2D eigenvalue weighted by atomic mass is 9.91. The summed E-state index contributed by atoms with van der Waals surface area (Å²) >= 11 is 0. The third kappa shape index (κ3) is 8.21. The highest BCUT2D eigenvalue weighted by atomic mass is 32.2. The lowest BCUT2D eigenvalue weighted by molar-refractivity contribution is -0.136. The molecule has 2 saturated carbocycles. The third-order valence-electron chi connectivity index (χ3n) is 14.8. The fourth-order valence-electron chi connectivity index (χ4n) is 11.3. The van der Waals surface area contributed by atoms with Crippen molar-refractivity contribution in [3.8, 4) is 33.5 Å². The normalized spacial score (nSPS) is 23.0. The number of H-pyrrole nitrogens is 1. The highest BCUT2D eigenvalue weighted by Gasteiger charge is 2.56. The van der Waals surface area contributed by atoms with Gasteiger partial charge >= 0.3 is 12.2 Å². The number of aromatic amines is 1. The van der Waals surface area contributed by atoms with Crippen molar-refractivity contribution in [2.45, 2.75) is 102 Å². The van der Waals surface area contributed by atoms with Crippen molar-refractivity contribution in [3.05, 3.63) is 83.3 Å². The molecule has 0 unspecified atom stereocenters. The molecule has 3 aromatic carbocycles. The second-order valence-corrected chi connectivity index (χ2v) is 21.8. The summed E-state index contributed by atoms with van der Waals surface area (Å²) < 4.78 is 67.6. The van der Waals surface area contributed by atoms with Crippen LogP contribution >= 0.6 is 0 Å². The number of aromatic nitrogens is 2. The van der Waals surface area contributed by atoms with Crippen LogP contribution in [0.15, 0.2) is 65.8 Å². The number of methoxy groups -OCH3 is 2. The number of hydrogen-bond donors (Lipinski definition) is 3. The van der Waals surface area contributed by atoms with Crippen molar-refractivity contribution in [1.82, 2.24) is 30.4 Å². The number of rotatable bonds is 11. The van der Waals surface area contributed by atoms with Gasteiger partial charge in [-0.3, -0.25) is 14.6 Å². The van der Waals surface area contributed by atoms with E-state index >= 15 is 8.78 Å². The summed E-state index contributed by atoms with van der Waals surface area (Å²) in [7, 11) is -1.24. The summed E-state index contributed by atoms with van der Waals surface area (Å²) in [5.74, 6) is -4.10. The van der Waals surface area contributed by atoms with Gasteiger partial charge in [-0.05, 0) is 108 Å². The van der Waals surface area contributed by atoms with Crippen LogP contribution in [0.1, 0.15) is 88.4 Å². The van der Waals surface area contributed by atoms with Crippen LogP contribution in [0, 0.1) is 17.3 Å². The summed E-state index contributed by atoms with van der Waals surface area (Å²) in [6.45, 7) is 4.27. The fraction of sp³-hybridized carbons (Fsp3) is 0.480. The summed E-state index contributed by atoms with van der Waals surface area (Å²) in [4.78, 5) is 68.9. The Hall–Kier alpha value is -6.17. The minimum Gasteiger partial charge on any atom is -0.453 e. The van der Waals surface area contributed by atoms with Crippen molar-refractivity contribution >= 4 is 45.2 Å². The lowest BCUT2D eigenvalue weighted by Gasteiger charge is -2.37. The first-order valence-corrected chi connectivity index (χ1v) is 24.9. The molecule has 6 atom stereocenters. The first-order valence-electron chi connectivity index (χ1n) is 22.8. The van der Waals surface area contributed by atoms with Gasteiger partial charge in [0.25, 0.3) is 5.92 Å². The zero-order chi connectivity index (χ0) is 47.3. The molecular formula is C50H57F2N7O8S. The zero-order valence-corrected chi connectivity index (χ0v) is 38.7. The van der Waals surface area contributed by atoms with E-state index in [2.05, 4.69) is 20.6 Å². The van der Waals surface area contributed by atoms with Crippen molar-refractivity contribution in [1.29, 1.82) is 0 Å². The Labute approximate surface area is 394 Å². The van der Waals surface area contributed by atoms with Crippen molar-refractivity contribution < 1.29 is 45.9 Å². The van der Waals surface area contributed by atoms with Crippen LogP contribution in [0.3, 0.4) is 0 Å². The number of alkyl carbamates (subject to hydrolysis) is 2. The average molecular weight is 954 g/mol. The predicted molar refractivity (Wildman–Crippen MR) is 251 cm³/mol. The monoisotopic (exact) mass is 953 g/mol. The summed E-state index contributed by atoms with van der Waals surface area (Å²) in [5, 5.41) is 5.12. The van der Waals surface area contributed by atoms with E-state index in [-0.39, 0.29) is 59.8 Å². The number of sulfone groups is 1. The molecule has 3 aliphatic heterocycles. The Morgan fingerprint density at radius 3 is 2.21 bits per heavy atom. The van der Waals surface area contributed by atoms with Crippen molar-refractivity contribution in [3.63, 3.8) is 0 Å². The largest absolute Gasteiger partial charge is 0.453 e. The number of benzene rings is 3. The molecule has 15 nitrogen and oxygen atoms in total. The molecule has 4 fully saturated rings. The number of nitrogens with one attached hydrogen (secondary N) is 3. The SMILES string of the molecule is C.COC(=O)N[C@@H](CS(C)(=O)=O)C(=O)N1[C@@H]2CC[C@@H](C2)[C@H]1C1=Nc2ccc(-c3ccc4c(c3)C(F)(F)c3cc(-c5cnc([C@@H]6CC7(CC7)CN6C(=O)[C@@H](NC(=O)OC)C(C)C)[nH]5)ccc3-4)cc2C1. The van der Waals surface area contributed by atoms with Crippen LogP contribution in [0.4, 0.5) is 24.1 Å². The van der Waals surface area contributed by atoms with Crippen LogP contribution in [0.5, 0.6) is 0 Å². The second-order valence-electron chi connectivity index (χ2n) is 19.6. The van der Waals surface area contributed by atoms with Gasteiger partial charge in [-0.1, -0.05) is 51.6 Å². The van der Waals surface area contributed by atoms with Crippen LogP contribution in [-0.2, 0) is 41.2 Å². The van der Waals surface area contributed by atoms with Gasteiger partial charge in [0.2, 0.25) is 11.8 Å². The molecule has 68 heavy (non-hydrogen) atoms. The van der Waals surface area contributed by atoms with Gasteiger partial charge in [0, 0.05) is 47.7 Å². The first kappa shape index (κ1) is 46.9. The molecule has 3 aliphatic carbocycles. The van der Waals surface area contributed by atoms with E-state index in [1.165, 1.54) is 13.2 Å². The maximum atomic E-state index is 16.7. The number of aliphatic imine (C=N–C) groups is 1. The van der Waals surface area contributed by atoms with E-state index in [1.54, 1.807) is 40.3 Å². The second kappa shape index (κ2) is 17.1. The van der Waals surface area contributed by atoms with E-state index in [0.29, 0.717) is 53.2 Å². The van der Waals surface area contributed by atoms with Crippen molar-refractivity contribution in [2.24, 2.45) is 22.2 Å². The number of nitrogens with zero attached hydrogens (tertiary/aromatic N) is 4. The molecule has 3 N–H and O–H groups in total. The lowest BCUT2D eigenvalue weighted by Crippen LogP contribution is -2.58. The molecule has 10 rings (SSSR count). The molecule has 2 bridgehead atoms. The van der Waals surface area contributed by atoms with E-state index in [9.17, 15) is 27.6 Å². The predicted octanol–water partition coefficient (Wildman–Crippen LogP) is 7.71. The number of carbonyl (C=O) groups is 4. The highest BCUT2D eigenvalue weighted by Crippen LogP contribution is 2.59. The molecule has 4 aromatic rings. The topological polar surface area (TPSA) is 192 Å². The van der Waals surface area contributed by atoms with E-state index in [0.717, 1.165) is 68.0 Å². The maximum absolute atomic E-state index is 16.7. The molecule has 4 heterocycles. The minimum absolute atomic E-state index is 0. The number of likely N-dealkylation sites (tertiary alicyclic amines) is 2. The van der Waals surface area contributed by atoms with Gasteiger partial charge in [0.05, 0.1) is 49.6 Å². The van der Waals surface area contributed by atoms with E-state index in [1.807, 2.05) is 38.1 Å². The van der Waals surface area contributed by atoms with Crippen LogP contribution in [0.2, 0.25) is 0 Å². The van der Waals surface area contributed by atoms with Gasteiger partial charge in [0.1, 0.15) is 27.7 Å². The Morgan fingerprint density at radius 1 is 0.897 bits per heavy atom. The maximum Gasteiger partial charge on any atom is 0.407 e. The van der Waals surface area contributed by atoms with E-state index < -0.39 is 51.7 Å². The van der Waals surface area contributed by atoms with Gasteiger partial charge in [-0.15, -0.1) is 0 Å². The Balaban J connectivity index is 0.00000578. The van der Waals surface area contributed by atoms with Crippen LogP contribution in [0.25, 0.3) is 33.5 Å². The molecule has 360 valence electrons.